The minimum Gasteiger partial charge on any atom is -0.367 e. The van der Waals surface area contributed by atoms with E-state index in [4.69, 9.17) is 0 Å². The highest BCUT2D eigenvalue weighted by molar-refractivity contribution is 5.69. The van der Waals surface area contributed by atoms with Crippen LogP contribution in [0.3, 0.4) is 0 Å². The third-order valence-corrected chi connectivity index (χ3v) is 2.90. The first-order valence-electron chi connectivity index (χ1n) is 5.61. The molecule has 0 atom stereocenters. The number of fused-ring (bicyclic) bond motifs is 1. The molecule has 0 spiro atoms. The Morgan fingerprint density at radius 2 is 2.13 bits per heavy atom. The minimum atomic E-state index is 0.692. The van der Waals surface area contributed by atoms with E-state index >= 15 is 0 Å². The standard InChI is InChI=1S/C14H19N/c1-10(2)8-15-9-13-7-11(3)5-6-14(13)12(15)4/h5-7,10H,4,8-9H2,1-3H3. The summed E-state index contributed by atoms with van der Waals surface area (Å²) in [6, 6.07) is 6.65. The van der Waals surface area contributed by atoms with Gasteiger partial charge in [0, 0.05) is 24.4 Å². The summed E-state index contributed by atoms with van der Waals surface area (Å²) in [5.74, 6) is 0.692. The van der Waals surface area contributed by atoms with Gasteiger partial charge >= 0.3 is 0 Å². The van der Waals surface area contributed by atoms with Gasteiger partial charge in [-0.2, -0.15) is 0 Å². The van der Waals surface area contributed by atoms with Crippen LogP contribution < -0.4 is 0 Å². The summed E-state index contributed by atoms with van der Waals surface area (Å²) in [5.41, 5.74) is 5.30. The van der Waals surface area contributed by atoms with Crippen LogP contribution in [0.4, 0.5) is 0 Å². The normalized spacial score (nSPS) is 14.9. The molecule has 0 fully saturated rings. The molecule has 80 valence electrons. The first-order valence-corrected chi connectivity index (χ1v) is 5.61. The van der Waals surface area contributed by atoms with Gasteiger partial charge in [0.1, 0.15) is 0 Å². The zero-order chi connectivity index (χ0) is 11.0. The van der Waals surface area contributed by atoms with Crippen molar-refractivity contribution in [1.82, 2.24) is 4.90 Å². The van der Waals surface area contributed by atoms with Crippen LogP contribution in [0, 0.1) is 12.8 Å². The van der Waals surface area contributed by atoms with Crippen molar-refractivity contribution < 1.29 is 0 Å². The Labute approximate surface area is 92.4 Å². The van der Waals surface area contributed by atoms with E-state index in [0.29, 0.717) is 5.92 Å². The van der Waals surface area contributed by atoms with Crippen LogP contribution in [0.1, 0.15) is 30.5 Å². The van der Waals surface area contributed by atoms with Crippen LogP contribution in [-0.4, -0.2) is 11.4 Å². The molecule has 1 nitrogen and oxygen atoms in total. The van der Waals surface area contributed by atoms with Gasteiger partial charge in [0.05, 0.1) is 0 Å². The topological polar surface area (TPSA) is 3.24 Å². The number of aryl methyl sites for hydroxylation is 1. The van der Waals surface area contributed by atoms with Crippen molar-refractivity contribution in [3.05, 3.63) is 41.5 Å². The Hall–Kier alpha value is -1.24. The van der Waals surface area contributed by atoms with Crippen molar-refractivity contribution in [1.29, 1.82) is 0 Å². The maximum absolute atomic E-state index is 4.19. The molecule has 15 heavy (non-hydrogen) atoms. The van der Waals surface area contributed by atoms with Crippen molar-refractivity contribution in [2.24, 2.45) is 5.92 Å². The molecule has 1 aromatic carbocycles. The highest BCUT2D eigenvalue weighted by Gasteiger charge is 2.22. The maximum atomic E-state index is 4.19. The van der Waals surface area contributed by atoms with Crippen molar-refractivity contribution in [3.63, 3.8) is 0 Å². The number of hydrogen-bond donors (Lipinski definition) is 0. The molecular formula is C14H19N. The van der Waals surface area contributed by atoms with Crippen molar-refractivity contribution in [3.8, 4) is 0 Å². The summed E-state index contributed by atoms with van der Waals surface area (Å²) in [6.07, 6.45) is 0. The number of hydrogen-bond acceptors (Lipinski definition) is 1. The predicted molar refractivity (Wildman–Crippen MR) is 65.5 cm³/mol. The first-order chi connectivity index (χ1) is 7.08. The second-order valence-electron chi connectivity index (χ2n) is 4.88. The van der Waals surface area contributed by atoms with E-state index in [1.165, 1.54) is 22.4 Å². The van der Waals surface area contributed by atoms with Gasteiger partial charge < -0.3 is 4.90 Å². The van der Waals surface area contributed by atoms with Gasteiger partial charge in [0.2, 0.25) is 0 Å². The minimum absolute atomic E-state index is 0.692. The van der Waals surface area contributed by atoms with Crippen LogP contribution in [0.15, 0.2) is 24.8 Å². The lowest BCUT2D eigenvalue weighted by Crippen LogP contribution is -2.20. The monoisotopic (exact) mass is 201 g/mol. The lowest BCUT2D eigenvalue weighted by atomic mass is 10.1. The molecule has 1 aliphatic heterocycles. The summed E-state index contributed by atoms with van der Waals surface area (Å²) in [6.45, 7) is 13.0. The first kappa shape index (κ1) is 10.3. The molecule has 1 aliphatic rings. The Morgan fingerprint density at radius 3 is 2.80 bits per heavy atom. The van der Waals surface area contributed by atoms with E-state index in [-0.39, 0.29) is 0 Å². The molecular weight excluding hydrogens is 182 g/mol. The molecule has 0 aliphatic carbocycles. The summed E-state index contributed by atoms with van der Waals surface area (Å²) >= 11 is 0. The summed E-state index contributed by atoms with van der Waals surface area (Å²) in [5, 5.41) is 0. The molecule has 0 saturated heterocycles. The third kappa shape index (κ3) is 1.92. The van der Waals surface area contributed by atoms with Crippen molar-refractivity contribution in [2.75, 3.05) is 6.54 Å². The average Bonchev–Trinajstić information content (AvgIpc) is 2.42. The molecule has 2 rings (SSSR count). The summed E-state index contributed by atoms with van der Waals surface area (Å²) < 4.78 is 0. The van der Waals surface area contributed by atoms with E-state index < -0.39 is 0 Å². The third-order valence-electron chi connectivity index (χ3n) is 2.90. The van der Waals surface area contributed by atoms with Gasteiger partial charge in [0.15, 0.2) is 0 Å². The Bertz CT molecular complexity index is 390. The molecule has 1 heteroatoms. The summed E-state index contributed by atoms with van der Waals surface area (Å²) in [7, 11) is 0. The van der Waals surface area contributed by atoms with Gasteiger partial charge in [-0.05, 0) is 18.4 Å². The lowest BCUT2D eigenvalue weighted by molar-refractivity contribution is 0.357. The fourth-order valence-corrected chi connectivity index (χ4v) is 2.22. The highest BCUT2D eigenvalue weighted by atomic mass is 15.2. The fourth-order valence-electron chi connectivity index (χ4n) is 2.22. The number of nitrogens with zero attached hydrogens (tertiary/aromatic N) is 1. The van der Waals surface area contributed by atoms with Crippen molar-refractivity contribution in [2.45, 2.75) is 27.3 Å². The molecule has 0 aromatic heterocycles. The van der Waals surface area contributed by atoms with Gasteiger partial charge in [-0.3, -0.25) is 0 Å². The van der Waals surface area contributed by atoms with E-state index in [1.54, 1.807) is 0 Å². The smallest absolute Gasteiger partial charge is 0.0436 e. The largest absolute Gasteiger partial charge is 0.367 e. The quantitative estimate of drug-likeness (QED) is 0.708. The lowest BCUT2D eigenvalue weighted by Gasteiger charge is -2.21. The SMILES string of the molecule is C=C1c2ccc(C)cc2CN1CC(C)C. The van der Waals surface area contributed by atoms with E-state index in [1.807, 2.05) is 0 Å². The number of rotatable bonds is 2. The Kier molecular flexibility index (Phi) is 2.56. The Balaban J connectivity index is 2.25. The molecule has 0 unspecified atom stereocenters. The van der Waals surface area contributed by atoms with Crippen molar-refractivity contribution >= 4 is 5.70 Å². The van der Waals surface area contributed by atoms with Gasteiger partial charge in [-0.25, -0.2) is 0 Å². The van der Waals surface area contributed by atoms with E-state index in [9.17, 15) is 0 Å². The van der Waals surface area contributed by atoms with Crippen LogP contribution >= 0.6 is 0 Å². The molecule has 1 aromatic rings. The van der Waals surface area contributed by atoms with Crippen LogP contribution in [0.2, 0.25) is 0 Å². The second kappa shape index (κ2) is 3.73. The molecule has 0 N–H and O–H groups in total. The van der Waals surface area contributed by atoms with Gasteiger partial charge in [-0.15, -0.1) is 0 Å². The van der Waals surface area contributed by atoms with Gasteiger partial charge in [-0.1, -0.05) is 44.2 Å². The molecule has 0 bridgehead atoms. The fraction of sp³-hybridized carbons (Fsp3) is 0.429. The van der Waals surface area contributed by atoms with E-state index in [0.717, 1.165) is 13.1 Å². The predicted octanol–water partition coefficient (Wildman–Crippen LogP) is 3.44. The highest BCUT2D eigenvalue weighted by Crippen LogP contribution is 2.32. The average molecular weight is 201 g/mol. The van der Waals surface area contributed by atoms with Crippen LogP contribution in [0.5, 0.6) is 0 Å². The molecule has 0 radical (unpaired) electrons. The van der Waals surface area contributed by atoms with Crippen LogP contribution in [-0.2, 0) is 6.54 Å². The van der Waals surface area contributed by atoms with E-state index in [2.05, 4.69) is 50.4 Å². The Morgan fingerprint density at radius 1 is 1.40 bits per heavy atom. The van der Waals surface area contributed by atoms with Crippen LogP contribution in [0.25, 0.3) is 5.70 Å². The number of benzene rings is 1. The zero-order valence-electron chi connectivity index (χ0n) is 9.88. The second-order valence-corrected chi connectivity index (χ2v) is 4.88. The molecule has 0 amide bonds. The van der Waals surface area contributed by atoms with Gasteiger partial charge in [0.25, 0.3) is 0 Å². The molecule has 0 saturated carbocycles. The maximum Gasteiger partial charge on any atom is 0.0436 e. The summed E-state index contributed by atoms with van der Waals surface area (Å²) in [4.78, 5) is 2.38. The molecule has 1 heterocycles. The zero-order valence-corrected chi connectivity index (χ0v) is 9.88.